The van der Waals surface area contributed by atoms with Crippen LogP contribution in [-0.4, -0.2) is 59.1 Å². The van der Waals surface area contributed by atoms with Crippen molar-refractivity contribution in [3.8, 4) is 42.1 Å². The largest absolute Gasteiger partial charge is 0.491 e. The molecule has 4 rings (SSSR count). The lowest BCUT2D eigenvalue weighted by Crippen LogP contribution is -2.21. The van der Waals surface area contributed by atoms with Gasteiger partial charge in [0.2, 0.25) is 0 Å². The summed E-state index contributed by atoms with van der Waals surface area (Å²) < 4.78 is 11.2. The Bertz CT molecular complexity index is 1500. The van der Waals surface area contributed by atoms with Crippen molar-refractivity contribution in [3.05, 3.63) is 72.3 Å². The van der Waals surface area contributed by atoms with Gasteiger partial charge in [-0.1, -0.05) is 103 Å². The number of rotatable bonds is 28. The highest BCUT2D eigenvalue weighted by Gasteiger charge is 2.15. The zero-order valence-corrected chi connectivity index (χ0v) is 32.9. The normalized spacial score (nSPS) is 12.6. The van der Waals surface area contributed by atoms with Gasteiger partial charge >= 0.3 is 0 Å². The standard InChI is InChI=1S/C44H62O6S2/c1-2-3-4-5-6-7-8-9-10-11-12-13-14-15-16-17-18-36-29-43(52-44(36)35-21-25-40(26-22-35)50-33-38(48)31-46)42-28-27-41(51-42)34-19-23-39(24-20-34)49-32-37(47)30-45/h19-29,37-38,45-48H,2-18,30-33H2,1H3. The number of unbranched alkanes of at least 4 members (excludes halogenated alkanes) is 15. The number of thiophene rings is 2. The molecule has 4 aromatic rings. The van der Waals surface area contributed by atoms with E-state index in [1.807, 2.05) is 47.7 Å². The lowest BCUT2D eigenvalue weighted by Gasteiger charge is -2.10. The summed E-state index contributed by atoms with van der Waals surface area (Å²) >= 11 is 3.62. The lowest BCUT2D eigenvalue weighted by molar-refractivity contribution is 0.0536. The molecule has 4 N–H and O–H groups in total. The van der Waals surface area contributed by atoms with Crippen LogP contribution in [0.3, 0.4) is 0 Å². The summed E-state index contributed by atoms with van der Waals surface area (Å²) in [4.78, 5) is 4.98. The SMILES string of the molecule is CCCCCCCCCCCCCCCCCCc1cc(-c2ccc(-c3ccc(OCC(O)CO)cc3)s2)sc1-c1ccc(OCC(O)CO)cc1. The molecule has 0 radical (unpaired) electrons. The van der Waals surface area contributed by atoms with Gasteiger partial charge in [0.15, 0.2) is 0 Å². The number of aliphatic hydroxyl groups is 4. The predicted molar refractivity (Wildman–Crippen MR) is 219 cm³/mol. The predicted octanol–water partition coefficient (Wildman–Crippen LogP) is 11.1. The average molecular weight is 751 g/mol. The Balaban J connectivity index is 1.29. The van der Waals surface area contributed by atoms with E-state index < -0.39 is 12.2 Å². The van der Waals surface area contributed by atoms with Crippen LogP contribution in [0.4, 0.5) is 0 Å². The second-order valence-electron chi connectivity index (χ2n) is 14.0. The Hall–Kier alpha value is -2.72. The van der Waals surface area contributed by atoms with Gasteiger partial charge in [0.25, 0.3) is 0 Å². The van der Waals surface area contributed by atoms with E-state index in [-0.39, 0.29) is 26.4 Å². The Morgan fingerprint density at radius 1 is 0.500 bits per heavy atom. The van der Waals surface area contributed by atoms with Gasteiger partial charge in [-0.05, 0) is 96.3 Å². The summed E-state index contributed by atoms with van der Waals surface area (Å²) in [6.45, 7) is 1.76. The van der Waals surface area contributed by atoms with Gasteiger partial charge in [0.1, 0.15) is 36.9 Å². The van der Waals surface area contributed by atoms with E-state index in [4.69, 9.17) is 19.7 Å². The van der Waals surface area contributed by atoms with Gasteiger partial charge in [-0.3, -0.25) is 0 Å². The number of hydrogen-bond donors (Lipinski definition) is 4. The Morgan fingerprint density at radius 2 is 0.942 bits per heavy atom. The quantitative estimate of drug-likeness (QED) is 0.0431. The molecule has 2 heterocycles. The number of hydrogen-bond acceptors (Lipinski definition) is 8. The fraction of sp³-hybridized carbons (Fsp3) is 0.545. The van der Waals surface area contributed by atoms with Gasteiger partial charge < -0.3 is 29.9 Å². The molecule has 2 aromatic heterocycles. The summed E-state index contributed by atoms with van der Waals surface area (Å²) in [5, 5.41) is 37.4. The average Bonchev–Trinajstić information content (AvgIpc) is 3.84. The van der Waals surface area contributed by atoms with Crippen LogP contribution in [0, 0.1) is 0 Å². The molecule has 52 heavy (non-hydrogen) atoms. The third kappa shape index (κ3) is 15.0. The van der Waals surface area contributed by atoms with Crippen molar-refractivity contribution in [2.24, 2.45) is 0 Å². The molecule has 6 nitrogen and oxygen atoms in total. The number of aliphatic hydroxyl groups excluding tert-OH is 4. The van der Waals surface area contributed by atoms with E-state index >= 15 is 0 Å². The Kier molecular flexibility index (Phi) is 19.9. The first-order valence-electron chi connectivity index (χ1n) is 19.8. The van der Waals surface area contributed by atoms with Crippen molar-refractivity contribution in [1.29, 1.82) is 0 Å². The highest BCUT2D eigenvalue weighted by atomic mass is 32.1. The van der Waals surface area contributed by atoms with E-state index in [0.29, 0.717) is 11.5 Å². The van der Waals surface area contributed by atoms with Crippen molar-refractivity contribution in [2.45, 2.75) is 128 Å². The molecule has 0 amide bonds. The van der Waals surface area contributed by atoms with Crippen molar-refractivity contribution >= 4 is 22.7 Å². The molecule has 0 saturated carbocycles. The van der Waals surface area contributed by atoms with Crippen LogP contribution in [0.5, 0.6) is 11.5 Å². The van der Waals surface area contributed by atoms with Gasteiger partial charge in [-0.2, -0.15) is 0 Å². The van der Waals surface area contributed by atoms with Gasteiger partial charge in [0.05, 0.1) is 13.2 Å². The monoisotopic (exact) mass is 750 g/mol. The van der Waals surface area contributed by atoms with E-state index in [1.54, 1.807) is 11.3 Å². The molecular formula is C44H62O6S2. The third-order valence-electron chi connectivity index (χ3n) is 9.52. The molecule has 286 valence electrons. The van der Waals surface area contributed by atoms with Crippen LogP contribution < -0.4 is 9.47 Å². The topological polar surface area (TPSA) is 99.4 Å². The Morgan fingerprint density at radius 3 is 1.42 bits per heavy atom. The van der Waals surface area contributed by atoms with Crippen molar-refractivity contribution in [3.63, 3.8) is 0 Å². The van der Waals surface area contributed by atoms with Gasteiger partial charge in [0, 0.05) is 19.5 Å². The second kappa shape index (κ2) is 24.6. The summed E-state index contributed by atoms with van der Waals surface area (Å²) in [6.07, 6.45) is 21.1. The molecule has 0 bridgehead atoms. The van der Waals surface area contributed by atoms with Crippen molar-refractivity contribution < 1.29 is 29.9 Å². The van der Waals surface area contributed by atoms with E-state index in [0.717, 1.165) is 17.5 Å². The molecule has 2 aromatic carbocycles. The van der Waals surface area contributed by atoms with Crippen LogP contribution in [-0.2, 0) is 6.42 Å². The summed E-state index contributed by atoms with van der Waals surface area (Å²) in [5.41, 5.74) is 3.66. The fourth-order valence-electron chi connectivity index (χ4n) is 6.38. The first-order valence-corrected chi connectivity index (χ1v) is 21.4. The van der Waals surface area contributed by atoms with Gasteiger partial charge in [-0.25, -0.2) is 0 Å². The molecule has 0 spiro atoms. The first-order chi connectivity index (χ1) is 25.5. The summed E-state index contributed by atoms with van der Waals surface area (Å²) in [5.74, 6) is 1.34. The smallest absolute Gasteiger partial charge is 0.119 e. The summed E-state index contributed by atoms with van der Waals surface area (Å²) in [7, 11) is 0. The van der Waals surface area contributed by atoms with E-state index in [9.17, 15) is 10.2 Å². The maximum atomic E-state index is 9.68. The molecule has 2 atom stereocenters. The minimum atomic E-state index is -0.890. The highest BCUT2D eigenvalue weighted by molar-refractivity contribution is 7.25. The Labute approximate surface area is 320 Å². The van der Waals surface area contributed by atoms with Crippen molar-refractivity contribution in [2.75, 3.05) is 26.4 Å². The molecule has 0 saturated heterocycles. The molecule has 0 aliphatic heterocycles. The molecular weight excluding hydrogens is 689 g/mol. The first kappa shape index (κ1) is 42.0. The third-order valence-corrected chi connectivity index (χ3v) is 12.1. The lowest BCUT2D eigenvalue weighted by atomic mass is 10.0. The second-order valence-corrected chi connectivity index (χ2v) is 16.2. The van der Waals surface area contributed by atoms with Gasteiger partial charge in [-0.15, -0.1) is 22.7 Å². The zero-order chi connectivity index (χ0) is 36.8. The minimum Gasteiger partial charge on any atom is -0.491 e. The number of benzene rings is 2. The van der Waals surface area contributed by atoms with Crippen LogP contribution in [0.1, 0.15) is 115 Å². The van der Waals surface area contributed by atoms with Crippen molar-refractivity contribution in [1.82, 2.24) is 0 Å². The highest BCUT2D eigenvalue weighted by Crippen LogP contribution is 2.43. The fourth-order valence-corrected chi connectivity index (χ4v) is 8.69. The van der Waals surface area contributed by atoms with E-state index in [2.05, 4.69) is 37.3 Å². The van der Waals surface area contributed by atoms with Crippen LogP contribution in [0.15, 0.2) is 66.7 Å². The zero-order valence-electron chi connectivity index (χ0n) is 31.3. The summed E-state index contributed by atoms with van der Waals surface area (Å²) in [6, 6.07) is 22.7. The van der Waals surface area contributed by atoms with E-state index in [1.165, 1.54) is 128 Å². The number of aryl methyl sites for hydroxylation is 1. The minimum absolute atomic E-state index is 0.0596. The molecule has 0 aliphatic rings. The van der Waals surface area contributed by atoms with Crippen LogP contribution in [0.25, 0.3) is 30.6 Å². The maximum absolute atomic E-state index is 9.68. The molecule has 8 heteroatoms. The maximum Gasteiger partial charge on any atom is 0.119 e. The van der Waals surface area contributed by atoms with Crippen LogP contribution >= 0.6 is 22.7 Å². The molecule has 2 unspecified atom stereocenters. The molecule has 0 aliphatic carbocycles. The molecule has 0 fully saturated rings. The number of ether oxygens (including phenoxy) is 2. The van der Waals surface area contributed by atoms with Crippen LogP contribution in [0.2, 0.25) is 0 Å².